The molecule has 1 saturated heterocycles. The van der Waals surface area contributed by atoms with E-state index in [9.17, 15) is 5.11 Å². The number of hydrogen-bond donors (Lipinski definition) is 2. The molecule has 3 N–H and O–H groups in total. The van der Waals surface area contributed by atoms with Crippen molar-refractivity contribution in [1.29, 1.82) is 0 Å². The molecular weight excluding hydrogens is 224 g/mol. The van der Waals surface area contributed by atoms with Crippen LogP contribution in [0.5, 0.6) is 5.75 Å². The lowest BCUT2D eigenvalue weighted by Gasteiger charge is -2.33. The van der Waals surface area contributed by atoms with Gasteiger partial charge in [-0.2, -0.15) is 0 Å². The summed E-state index contributed by atoms with van der Waals surface area (Å²) in [5, 5.41) is 9.86. The van der Waals surface area contributed by atoms with Gasteiger partial charge in [0, 0.05) is 18.2 Å². The molecule has 3 nitrogen and oxygen atoms in total. The Morgan fingerprint density at radius 1 is 1.39 bits per heavy atom. The van der Waals surface area contributed by atoms with Crippen molar-refractivity contribution in [3.05, 3.63) is 29.3 Å². The number of nitrogens with zero attached hydrogens (tertiary/aromatic N) is 1. The van der Waals surface area contributed by atoms with Crippen molar-refractivity contribution in [3.8, 4) is 5.75 Å². The molecule has 0 saturated carbocycles. The van der Waals surface area contributed by atoms with Crippen LogP contribution in [0.25, 0.3) is 0 Å². The zero-order valence-corrected chi connectivity index (χ0v) is 11.4. The van der Waals surface area contributed by atoms with Crippen LogP contribution < -0.4 is 5.73 Å². The summed E-state index contributed by atoms with van der Waals surface area (Å²) in [6.45, 7) is 7.18. The first-order chi connectivity index (χ1) is 8.56. The second kappa shape index (κ2) is 5.72. The van der Waals surface area contributed by atoms with Crippen LogP contribution in [0.1, 0.15) is 30.9 Å². The molecule has 0 radical (unpaired) electrons. The SMILES string of the molecule is Cc1ccc(O)c(CN2CCC(C(C)N)CC2)c1. The molecule has 1 aromatic carbocycles. The molecular formula is C15H24N2O. The molecule has 1 aliphatic rings. The number of benzene rings is 1. The van der Waals surface area contributed by atoms with E-state index in [-0.39, 0.29) is 0 Å². The second-order valence-corrected chi connectivity index (χ2v) is 5.60. The summed E-state index contributed by atoms with van der Waals surface area (Å²) in [5.41, 5.74) is 8.19. The van der Waals surface area contributed by atoms with Gasteiger partial charge in [0.1, 0.15) is 5.75 Å². The van der Waals surface area contributed by atoms with Crippen LogP contribution in [0.3, 0.4) is 0 Å². The van der Waals surface area contributed by atoms with Crippen LogP contribution in [-0.4, -0.2) is 29.1 Å². The number of rotatable bonds is 3. The Morgan fingerprint density at radius 2 is 2.06 bits per heavy atom. The van der Waals surface area contributed by atoms with Gasteiger partial charge in [-0.25, -0.2) is 0 Å². The highest BCUT2D eigenvalue weighted by molar-refractivity contribution is 5.35. The molecule has 0 spiro atoms. The van der Waals surface area contributed by atoms with E-state index in [1.807, 2.05) is 6.07 Å². The maximum absolute atomic E-state index is 9.86. The zero-order valence-electron chi connectivity index (χ0n) is 11.4. The van der Waals surface area contributed by atoms with E-state index in [0.29, 0.717) is 17.7 Å². The van der Waals surface area contributed by atoms with E-state index in [0.717, 1.165) is 25.2 Å². The normalized spacial score (nSPS) is 19.9. The predicted octanol–water partition coefficient (Wildman–Crippen LogP) is 2.26. The van der Waals surface area contributed by atoms with Gasteiger partial charge >= 0.3 is 0 Å². The number of aromatic hydroxyl groups is 1. The lowest BCUT2D eigenvalue weighted by atomic mass is 9.91. The lowest BCUT2D eigenvalue weighted by Crippen LogP contribution is -2.39. The first-order valence-corrected chi connectivity index (χ1v) is 6.82. The smallest absolute Gasteiger partial charge is 0.120 e. The van der Waals surface area contributed by atoms with Crippen LogP contribution >= 0.6 is 0 Å². The quantitative estimate of drug-likeness (QED) is 0.862. The number of phenolic OH excluding ortho intramolecular Hbond substituents is 1. The van der Waals surface area contributed by atoms with E-state index in [1.54, 1.807) is 6.07 Å². The minimum atomic E-state index is 0.305. The van der Waals surface area contributed by atoms with E-state index in [2.05, 4.69) is 24.8 Å². The predicted molar refractivity (Wildman–Crippen MR) is 74.5 cm³/mol. The zero-order chi connectivity index (χ0) is 13.1. The largest absolute Gasteiger partial charge is 0.508 e. The van der Waals surface area contributed by atoms with E-state index >= 15 is 0 Å². The second-order valence-electron chi connectivity index (χ2n) is 5.60. The summed E-state index contributed by atoms with van der Waals surface area (Å²) in [5.74, 6) is 1.07. The molecule has 1 aromatic rings. The lowest BCUT2D eigenvalue weighted by molar-refractivity contribution is 0.164. The van der Waals surface area contributed by atoms with Gasteiger partial charge in [0.05, 0.1) is 0 Å². The summed E-state index contributed by atoms with van der Waals surface area (Å²) in [7, 11) is 0. The number of likely N-dealkylation sites (tertiary alicyclic amines) is 1. The number of aryl methyl sites for hydroxylation is 1. The number of piperidine rings is 1. The fourth-order valence-electron chi connectivity index (χ4n) is 2.72. The van der Waals surface area contributed by atoms with Gasteiger partial charge in [0.2, 0.25) is 0 Å². The Morgan fingerprint density at radius 3 is 2.67 bits per heavy atom. The summed E-state index contributed by atoms with van der Waals surface area (Å²) in [6, 6.07) is 6.12. The summed E-state index contributed by atoms with van der Waals surface area (Å²) in [4.78, 5) is 2.41. The standard InChI is InChI=1S/C15H24N2O/c1-11-3-4-15(18)14(9-11)10-17-7-5-13(6-8-17)12(2)16/h3-4,9,12-13,18H,5-8,10,16H2,1-2H3. The number of phenols is 1. The van der Waals surface area contributed by atoms with Crippen LogP contribution in [0.4, 0.5) is 0 Å². The molecule has 0 amide bonds. The van der Waals surface area contributed by atoms with Crippen LogP contribution in [0, 0.1) is 12.8 Å². The van der Waals surface area contributed by atoms with Crippen molar-refractivity contribution in [2.45, 2.75) is 39.3 Å². The van der Waals surface area contributed by atoms with Crippen molar-refractivity contribution in [2.75, 3.05) is 13.1 Å². The molecule has 0 aromatic heterocycles. The van der Waals surface area contributed by atoms with Crippen molar-refractivity contribution < 1.29 is 5.11 Å². The average molecular weight is 248 g/mol. The van der Waals surface area contributed by atoms with Gasteiger partial charge in [-0.1, -0.05) is 17.7 Å². The third kappa shape index (κ3) is 3.24. The minimum absolute atomic E-state index is 0.305. The van der Waals surface area contributed by atoms with Gasteiger partial charge in [0.25, 0.3) is 0 Å². The molecule has 1 fully saturated rings. The average Bonchev–Trinajstić information content (AvgIpc) is 2.34. The fraction of sp³-hybridized carbons (Fsp3) is 0.600. The van der Waals surface area contributed by atoms with E-state index in [1.165, 1.54) is 18.4 Å². The van der Waals surface area contributed by atoms with Crippen molar-refractivity contribution in [2.24, 2.45) is 11.7 Å². The third-order valence-electron chi connectivity index (χ3n) is 4.00. The highest BCUT2D eigenvalue weighted by atomic mass is 16.3. The highest BCUT2D eigenvalue weighted by Gasteiger charge is 2.22. The van der Waals surface area contributed by atoms with Crippen molar-refractivity contribution >= 4 is 0 Å². The van der Waals surface area contributed by atoms with E-state index in [4.69, 9.17) is 5.73 Å². The molecule has 18 heavy (non-hydrogen) atoms. The molecule has 1 unspecified atom stereocenters. The topological polar surface area (TPSA) is 49.5 Å². The molecule has 3 heteroatoms. The van der Waals surface area contributed by atoms with Crippen molar-refractivity contribution in [1.82, 2.24) is 4.90 Å². The van der Waals surface area contributed by atoms with Gasteiger partial charge in [-0.05, 0) is 51.8 Å². The fourth-order valence-corrected chi connectivity index (χ4v) is 2.72. The Hall–Kier alpha value is -1.06. The Bertz CT molecular complexity index is 395. The summed E-state index contributed by atoms with van der Waals surface area (Å²) < 4.78 is 0. The molecule has 2 rings (SSSR count). The van der Waals surface area contributed by atoms with Crippen LogP contribution in [0.15, 0.2) is 18.2 Å². The molecule has 1 heterocycles. The highest BCUT2D eigenvalue weighted by Crippen LogP contribution is 2.24. The number of hydrogen-bond acceptors (Lipinski definition) is 3. The summed E-state index contributed by atoms with van der Waals surface area (Å²) >= 11 is 0. The number of nitrogens with two attached hydrogens (primary N) is 1. The summed E-state index contributed by atoms with van der Waals surface area (Å²) in [6.07, 6.45) is 2.34. The maximum atomic E-state index is 9.86. The monoisotopic (exact) mass is 248 g/mol. The van der Waals surface area contributed by atoms with E-state index < -0.39 is 0 Å². The van der Waals surface area contributed by atoms with Gasteiger partial charge < -0.3 is 10.8 Å². The Balaban J connectivity index is 1.93. The molecule has 0 aliphatic carbocycles. The van der Waals surface area contributed by atoms with Gasteiger partial charge in [-0.3, -0.25) is 4.90 Å². The minimum Gasteiger partial charge on any atom is -0.508 e. The molecule has 1 aliphatic heterocycles. The molecule has 100 valence electrons. The van der Waals surface area contributed by atoms with Crippen LogP contribution in [0.2, 0.25) is 0 Å². The Labute approximate surface area is 110 Å². The van der Waals surface area contributed by atoms with Gasteiger partial charge in [-0.15, -0.1) is 0 Å². The maximum Gasteiger partial charge on any atom is 0.120 e. The van der Waals surface area contributed by atoms with Crippen molar-refractivity contribution in [3.63, 3.8) is 0 Å². The van der Waals surface area contributed by atoms with Crippen LogP contribution in [-0.2, 0) is 6.54 Å². The van der Waals surface area contributed by atoms with Gasteiger partial charge in [0.15, 0.2) is 0 Å². The first kappa shape index (κ1) is 13.4. The first-order valence-electron chi connectivity index (χ1n) is 6.82. The molecule has 0 bridgehead atoms. The molecule has 1 atom stereocenters. The Kier molecular flexibility index (Phi) is 4.25. The third-order valence-corrected chi connectivity index (χ3v) is 4.00.